The number of nitrogens with zero attached hydrogens (tertiary/aromatic N) is 3. The molecule has 0 amide bonds. The molecule has 0 aliphatic heterocycles. The molecule has 0 radical (unpaired) electrons. The van der Waals surface area contributed by atoms with E-state index in [1.54, 1.807) is 43.3 Å². The van der Waals surface area contributed by atoms with Gasteiger partial charge >= 0.3 is 5.97 Å². The van der Waals surface area contributed by atoms with E-state index < -0.39 is 5.97 Å². The number of hydrogen-bond acceptors (Lipinski definition) is 7. The van der Waals surface area contributed by atoms with Gasteiger partial charge in [-0.3, -0.25) is 4.79 Å². The molecule has 0 unspecified atom stereocenters. The molecule has 3 aromatic carbocycles. The molecule has 8 heteroatoms. The van der Waals surface area contributed by atoms with Crippen LogP contribution in [0.5, 0.6) is 11.5 Å². The van der Waals surface area contributed by atoms with Crippen LogP contribution in [0, 0.1) is 0 Å². The highest BCUT2D eigenvalue weighted by molar-refractivity contribution is 5.86. The Morgan fingerprint density at radius 1 is 1.03 bits per heavy atom. The molecule has 0 aliphatic carbocycles. The van der Waals surface area contributed by atoms with Crippen LogP contribution in [0.4, 0.5) is 0 Å². The summed E-state index contributed by atoms with van der Waals surface area (Å²) in [6.07, 6.45) is 1.48. The lowest BCUT2D eigenvalue weighted by Gasteiger charge is -2.13. The SMILES string of the molecule is CCOC(=O)COc1c(C=Nn2c(-c3ccccc3)nc3ccccc3c2=O)cccc1OC. The summed E-state index contributed by atoms with van der Waals surface area (Å²) in [5.41, 5.74) is 1.53. The van der Waals surface area contributed by atoms with Gasteiger partial charge in [-0.25, -0.2) is 9.78 Å². The van der Waals surface area contributed by atoms with Crippen molar-refractivity contribution in [1.29, 1.82) is 0 Å². The Balaban J connectivity index is 1.81. The van der Waals surface area contributed by atoms with Gasteiger partial charge in [0.05, 0.1) is 30.8 Å². The van der Waals surface area contributed by atoms with Gasteiger partial charge in [-0.1, -0.05) is 48.5 Å². The van der Waals surface area contributed by atoms with Crippen molar-refractivity contribution in [3.8, 4) is 22.9 Å². The Labute approximate surface area is 196 Å². The summed E-state index contributed by atoms with van der Waals surface area (Å²) in [5.74, 6) is 0.625. The second kappa shape index (κ2) is 10.4. The molecule has 0 spiro atoms. The summed E-state index contributed by atoms with van der Waals surface area (Å²) in [5, 5.41) is 4.91. The van der Waals surface area contributed by atoms with Crippen molar-refractivity contribution in [3.05, 3.63) is 88.7 Å². The normalized spacial score (nSPS) is 11.0. The van der Waals surface area contributed by atoms with Crippen LogP contribution in [-0.4, -0.2) is 42.2 Å². The maximum absolute atomic E-state index is 13.3. The van der Waals surface area contributed by atoms with E-state index in [0.717, 1.165) is 5.56 Å². The number of esters is 1. The number of aromatic nitrogens is 2. The topological polar surface area (TPSA) is 92.0 Å². The first-order valence-electron chi connectivity index (χ1n) is 10.7. The molecule has 0 bridgehead atoms. The smallest absolute Gasteiger partial charge is 0.344 e. The minimum Gasteiger partial charge on any atom is -0.493 e. The number of carbonyl (C=O) groups excluding carboxylic acids is 1. The van der Waals surface area contributed by atoms with E-state index >= 15 is 0 Å². The predicted molar refractivity (Wildman–Crippen MR) is 130 cm³/mol. The number of rotatable bonds is 8. The Hall–Kier alpha value is -4.46. The Bertz CT molecular complexity index is 1400. The standard InChI is InChI=1S/C26H23N3O5/c1-3-33-23(30)17-34-24-19(12-9-15-22(24)32-2)16-27-29-25(18-10-5-4-6-11-18)28-21-14-8-7-13-20(21)26(29)31/h4-16H,3,17H2,1-2H3. The highest BCUT2D eigenvalue weighted by atomic mass is 16.6. The highest BCUT2D eigenvalue weighted by Crippen LogP contribution is 2.30. The Morgan fingerprint density at radius 2 is 1.79 bits per heavy atom. The van der Waals surface area contributed by atoms with Gasteiger partial charge in [-0.05, 0) is 31.2 Å². The third-order valence-electron chi connectivity index (χ3n) is 4.97. The van der Waals surface area contributed by atoms with Crippen molar-refractivity contribution >= 4 is 23.1 Å². The number of para-hydroxylation sites is 2. The Morgan fingerprint density at radius 3 is 2.56 bits per heavy atom. The molecule has 0 atom stereocenters. The summed E-state index contributed by atoms with van der Waals surface area (Å²) in [6.45, 7) is 1.68. The second-order valence-electron chi connectivity index (χ2n) is 7.15. The van der Waals surface area contributed by atoms with Crippen LogP contribution in [0.3, 0.4) is 0 Å². The number of benzene rings is 3. The molecule has 1 aromatic heterocycles. The number of hydrogen-bond donors (Lipinski definition) is 0. The lowest BCUT2D eigenvalue weighted by molar-refractivity contribution is -0.145. The lowest BCUT2D eigenvalue weighted by Crippen LogP contribution is -2.20. The van der Waals surface area contributed by atoms with Crippen molar-refractivity contribution < 1.29 is 19.0 Å². The van der Waals surface area contributed by atoms with Crippen LogP contribution >= 0.6 is 0 Å². The zero-order chi connectivity index (χ0) is 23.9. The van der Waals surface area contributed by atoms with E-state index in [-0.39, 0.29) is 18.8 Å². The summed E-state index contributed by atoms with van der Waals surface area (Å²) in [6, 6.07) is 21.7. The lowest BCUT2D eigenvalue weighted by atomic mass is 10.2. The van der Waals surface area contributed by atoms with Crippen molar-refractivity contribution in [2.24, 2.45) is 5.10 Å². The van der Waals surface area contributed by atoms with Crippen molar-refractivity contribution in [3.63, 3.8) is 0 Å². The van der Waals surface area contributed by atoms with Gasteiger partial charge in [0, 0.05) is 11.1 Å². The van der Waals surface area contributed by atoms with Crippen LogP contribution in [0.15, 0.2) is 82.7 Å². The van der Waals surface area contributed by atoms with E-state index in [9.17, 15) is 9.59 Å². The predicted octanol–water partition coefficient (Wildman–Crippen LogP) is 3.90. The van der Waals surface area contributed by atoms with Crippen LogP contribution < -0.4 is 15.0 Å². The second-order valence-corrected chi connectivity index (χ2v) is 7.15. The summed E-state index contributed by atoms with van der Waals surface area (Å²) in [4.78, 5) is 29.8. The molecule has 34 heavy (non-hydrogen) atoms. The van der Waals surface area contributed by atoms with Crippen molar-refractivity contribution in [2.45, 2.75) is 6.92 Å². The maximum atomic E-state index is 13.3. The van der Waals surface area contributed by atoms with Crippen molar-refractivity contribution in [1.82, 2.24) is 9.66 Å². The molecular weight excluding hydrogens is 434 g/mol. The van der Waals surface area contributed by atoms with Gasteiger partial charge in [0.2, 0.25) is 0 Å². The van der Waals surface area contributed by atoms with Crippen LogP contribution in [0.25, 0.3) is 22.3 Å². The van der Waals surface area contributed by atoms with Gasteiger partial charge in [-0.2, -0.15) is 9.78 Å². The third-order valence-corrected chi connectivity index (χ3v) is 4.97. The fraction of sp³-hybridized carbons (Fsp3) is 0.154. The molecule has 0 saturated heterocycles. The molecule has 0 saturated carbocycles. The average Bonchev–Trinajstić information content (AvgIpc) is 2.87. The van der Waals surface area contributed by atoms with Crippen LogP contribution in [0.1, 0.15) is 12.5 Å². The summed E-state index contributed by atoms with van der Waals surface area (Å²) in [7, 11) is 1.50. The minimum absolute atomic E-state index is 0.253. The van der Waals surface area contributed by atoms with Gasteiger partial charge in [-0.15, -0.1) is 0 Å². The van der Waals surface area contributed by atoms with E-state index in [2.05, 4.69) is 10.1 Å². The molecule has 4 rings (SSSR count). The van der Waals surface area contributed by atoms with Crippen LogP contribution in [-0.2, 0) is 9.53 Å². The molecule has 1 heterocycles. The van der Waals surface area contributed by atoms with E-state index in [0.29, 0.717) is 33.8 Å². The zero-order valence-corrected chi connectivity index (χ0v) is 18.8. The molecule has 0 fully saturated rings. The Kier molecular flexibility index (Phi) is 6.98. The van der Waals surface area contributed by atoms with Crippen molar-refractivity contribution in [2.75, 3.05) is 20.3 Å². The van der Waals surface area contributed by atoms with E-state index in [1.165, 1.54) is 18.0 Å². The van der Waals surface area contributed by atoms with Gasteiger partial charge in [0.25, 0.3) is 5.56 Å². The van der Waals surface area contributed by atoms with E-state index in [1.807, 2.05) is 36.4 Å². The summed E-state index contributed by atoms with van der Waals surface area (Å²) < 4.78 is 17.3. The first-order valence-corrected chi connectivity index (χ1v) is 10.7. The van der Waals surface area contributed by atoms with Gasteiger partial charge in [0.1, 0.15) is 0 Å². The number of methoxy groups -OCH3 is 1. The largest absolute Gasteiger partial charge is 0.493 e. The molecule has 8 nitrogen and oxygen atoms in total. The quantitative estimate of drug-likeness (QED) is 0.294. The maximum Gasteiger partial charge on any atom is 0.344 e. The first-order chi connectivity index (χ1) is 16.6. The fourth-order valence-corrected chi connectivity index (χ4v) is 3.41. The monoisotopic (exact) mass is 457 g/mol. The highest BCUT2D eigenvalue weighted by Gasteiger charge is 2.14. The number of carbonyl (C=O) groups is 1. The molecule has 4 aromatic rings. The molecular formula is C26H23N3O5. The molecule has 172 valence electrons. The number of ether oxygens (including phenoxy) is 3. The molecule has 0 N–H and O–H groups in total. The zero-order valence-electron chi connectivity index (χ0n) is 18.8. The minimum atomic E-state index is -0.502. The van der Waals surface area contributed by atoms with Gasteiger partial charge < -0.3 is 14.2 Å². The van der Waals surface area contributed by atoms with Crippen LogP contribution in [0.2, 0.25) is 0 Å². The molecule has 0 aliphatic rings. The fourth-order valence-electron chi connectivity index (χ4n) is 3.41. The number of fused-ring (bicyclic) bond motifs is 1. The third kappa shape index (κ3) is 4.80. The van der Waals surface area contributed by atoms with E-state index in [4.69, 9.17) is 14.2 Å². The first kappa shape index (κ1) is 22.7. The average molecular weight is 457 g/mol. The summed E-state index contributed by atoms with van der Waals surface area (Å²) >= 11 is 0. The van der Waals surface area contributed by atoms with Gasteiger partial charge in [0.15, 0.2) is 23.9 Å².